The molecule has 0 aliphatic rings. The van der Waals surface area contributed by atoms with Crippen molar-refractivity contribution >= 4 is 23.5 Å². The molecule has 0 aliphatic heterocycles. The number of aromatic nitrogens is 4. The van der Waals surface area contributed by atoms with E-state index in [0.29, 0.717) is 11.9 Å². The Kier molecular flexibility index (Phi) is 7.59. The van der Waals surface area contributed by atoms with Crippen molar-refractivity contribution in [3.05, 3.63) is 59.2 Å². The van der Waals surface area contributed by atoms with Crippen molar-refractivity contribution in [1.29, 1.82) is 5.26 Å². The van der Waals surface area contributed by atoms with E-state index in [1.165, 1.54) is 0 Å². The normalized spacial score (nSPS) is 10.4. The number of guanidine groups is 1. The Balaban J connectivity index is 0.000000248. The average molecular weight is 405 g/mol. The van der Waals surface area contributed by atoms with Gasteiger partial charge in [-0.2, -0.15) is 10.3 Å². The number of phenols is 1. The quantitative estimate of drug-likeness (QED) is 0.169. The lowest BCUT2D eigenvalue weighted by molar-refractivity contribution is 0.475. The number of hydrogen-bond acceptors (Lipinski definition) is 8. The number of rotatable bonds is 3. The molecule has 10 heteroatoms. The van der Waals surface area contributed by atoms with E-state index in [-0.39, 0.29) is 11.7 Å². The van der Waals surface area contributed by atoms with Crippen LogP contribution in [0.2, 0.25) is 0 Å². The van der Waals surface area contributed by atoms with Gasteiger partial charge in [0.25, 0.3) is 5.95 Å². The number of nitriles is 1. The molecule has 3 aromatic rings. The largest absolute Gasteiger partial charge is 0.508 e. The van der Waals surface area contributed by atoms with E-state index in [4.69, 9.17) is 11.0 Å². The topological polar surface area (TPSA) is 158 Å². The highest BCUT2D eigenvalue weighted by atomic mass is 16.3. The third-order valence-corrected chi connectivity index (χ3v) is 3.48. The summed E-state index contributed by atoms with van der Waals surface area (Å²) in [6, 6.07) is 10.2. The molecule has 0 saturated heterocycles. The lowest BCUT2D eigenvalue weighted by Gasteiger charge is -2.05. The maximum Gasteiger partial charge on any atom is 0.253 e. The first-order valence-electron chi connectivity index (χ1n) is 8.95. The zero-order chi connectivity index (χ0) is 22.1. The Hall–Kier alpha value is -4.26. The van der Waals surface area contributed by atoms with E-state index in [1.54, 1.807) is 30.5 Å². The van der Waals surface area contributed by atoms with Gasteiger partial charge >= 0.3 is 0 Å². The molecule has 0 fully saturated rings. The summed E-state index contributed by atoms with van der Waals surface area (Å²) >= 11 is 0. The highest BCUT2D eigenvalue weighted by molar-refractivity contribution is 5.93. The van der Waals surface area contributed by atoms with E-state index in [2.05, 4.69) is 35.6 Å². The first-order chi connectivity index (χ1) is 14.2. The number of aryl methyl sites for hydroxylation is 4. The molecule has 2 heterocycles. The number of hydrogen-bond donors (Lipinski definition) is 4. The molecule has 0 amide bonds. The second-order valence-electron chi connectivity index (χ2n) is 6.33. The maximum atomic E-state index is 9.18. The Labute approximate surface area is 174 Å². The molecular formula is C20H23N9O. The summed E-state index contributed by atoms with van der Waals surface area (Å²) in [4.78, 5) is 20.4. The fraction of sp³-hybridized carbons (Fsp3) is 0.200. The van der Waals surface area contributed by atoms with Crippen LogP contribution in [0.5, 0.6) is 5.75 Å². The molecule has 0 atom stereocenters. The third kappa shape index (κ3) is 7.40. The molecule has 3 rings (SSSR count). The van der Waals surface area contributed by atoms with Gasteiger partial charge in [0.1, 0.15) is 5.75 Å². The van der Waals surface area contributed by atoms with E-state index < -0.39 is 0 Å². The van der Waals surface area contributed by atoms with Crippen LogP contribution >= 0.6 is 0 Å². The number of aliphatic imine (C=N–C) groups is 1. The highest BCUT2D eigenvalue weighted by Crippen LogP contribution is 2.14. The van der Waals surface area contributed by atoms with Crippen molar-refractivity contribution < 1.29 is 5.11 Å². The highest BCUT2D eigenvalue weighted by Gasteiger charge is 2.00. The molecule has 30 heavy (non-hydrogen) atoms. The van der Waals surface area contributed by atoms with Gasteiger partial charge < -0.3 is 16.2 Å². The standard InChI is InChI=1S/C13H15N5O.C7H8N4/c1-8-7-9(2)16-13(15-8)18-12(14)17-10-3-5-11(19)6-4-10;1-5-3-6(2)11-7(10-5)9-4-8/h3-7,19H,1-2H3,(H3,14,15,16,17,18);3H,1-2H3,(H,9,10,11). The van der Waals surface area contributed by atoms with Crippen molar-refractivity contribution in [2.45, 2.75) is 27.7 Å². The minimum Gasteiger partial charge on any atom is -0.508 e. The van der Waals surface area contributed by atoms with Crippen LogP contribution in [0.4, 0.5) is 17.6 Å². The summed E-state index contributed by atoms with van der Waals surface area (Å²) in [5.74, 6) is 1.07. The van der Waals surface area contributed by atoms with Crippen molar-refractivity contribution in [3.8, 4) is 11.9 Å². The summed E-state index contributed by atoms with van der Waals surface area (Å²) in [5, 5.41) is 22.7. The van der Waals surface area contributed by atoms with Crippen molar-refractivity contribution in [2.24, 2.45) is 10.7 Å². The summed E-state index contributed by atoms with van der Waals surface area (Å²) in [7, 11) is 0. The zero-order valence-electron chi connectivity index (χ0n) is 17.2. The van der Waals surface area contributed by atoms with Gasteiger partial charge in [-0.25, -0.2) is 19.9 Å². The minimum atomic E-state index is 0.190. The lowest BCUT2D eigenvalue weighted by Crippen LogP contribution is -2.22. The van der Waals surface area contributed by atoms with Gasteiger partial charge in [-0.3, -0.25) is 5.32 Å². The molecule has 0 saturated carbocycles. The first kappa shape index (κ1) is 22.0. The van der Waals surface area contributed by atoms with Crippen molar-refractivity contribution in [3.63, 3.8) is 0 Å². The summed E-state index contributed by atoms with van der Waals surface area (Å²) in [5.41, 5.74) is 9.88. The second kappa shape index (κ2) is 10.3. The predicted octanol–water partition coefficient (Wildman–Crippen LogP) is 2.84. The third-order valence-electron chi connectivity index (χ3n) is 3.48. The number of aromatic hydroxyl groups is 1. The predicted molar refractivity (Wildman–Crippen MR) is 115 cm³/mol. The number of benzene rings is 1. The van der Waals surface area contributed by atoms with Crippen LogP contribution in [-0.2, 0) is 0 Å². The SMILES string of the molecule is Cc1cc(C)nc(/N=C(/N)Nc2ccc(O)cc2)n1.Cc1cc(C)nc(NC#N)n1. The molecule has 0 unspecified atom stereocenters. The van der Waals surface area contributed by atoms with Crippen LogP contribution in [0, 0.1) is 39.1 Å². The summed E-state index contributed by atoms with van der Waals surface area (Å²) in [6.07, 6.45) is 1.76. The monoisotopic (exact) mass is 405 g/mol. The van der Waals surface area contributed by atoms with Crippen LogP contribution in [0.15, 0.2) is 41.4 Å². The van der Waals surface area contributed by atoms with E-state index >= 15 is 0 Å². The Morgan fingerprint density at radius 1 is 0.933 bits per heavy atom. The van der Waals surface area contributed by atoms with Gasteiger partial charge in [-0.05, 0) is 64.1 Å². The second-order valence-corrected chi connectivity index (χ2v) is 6.33. The van der Waals surface area contributed by atoms with Gasteiger partial charge in [0.15, 0.2) is 6.19 Å². The van der Waals surface area contributed by atoms with Gasteiger partial charge in [-0.1, -0.05) is 0 Å². The first-order valence-corrected chi connectivity index (χ1v) is 8.95. The number of nitrogens with two attached hydrogens (primary N) is 1. The molecule has 0 bridgehead atoms. The molecule has 0 spiro atoms. The maximum absolute atomic E-state index is 9.18. The van der Waals surface area contributed by atoms with Crippen LogP contribution < -0.4 is 16.4 Å². The molecule has 0 aliphatic carbocycles. The van der Waals surface area contributed by atoms with Crippen molar-refractivity contribution in [2.75, 3.05) is 10.6 Å². The van der Waals surface area contributed by atoms with Crippen LogP contribution in [0.1, 0.15) is 22.8 Å². The van der Waals surface area contributed by atoms with Crippen LogP contribution in [-0.4, -0.2) is 31.0 Å². The summed E-state index contributed by atoms with van der Waals surface area (Å²) < 4.78 is 0. The Morgan fingerprint density at radius 2 is 1.43 bits per heavy atom. The molecule has 0 radical (unpaired) electrons. The number of nitrogens with zero attached hydrogens (tertiary/aromatic N) is 6. The molecule has 2 aromatic heterocycles. The Morgan fingerprint density at radius 3 is 1.93 bits per heavy atom. The Bertz CT molecular complexity index is 1030. The zero-order valence-corrected chi connectivity index (χ0v) is 17.2. The minimum absolute atomic E-state index is 0.190. The van der Waals surface area contributed by atoms with Gasteiger partial charge in [0.2, 0.25) is 11.9 Å². The van der Waals surface area contributed by atoms with Crippen LogP contribution in [0.3, 0.4) is 0 Å². The lowest BCUT2D eigenvalue weighted by atomic mass is 10.3. The van der Waals surface area contributed by atoms with Gasteiger partial charge in [0, 0.05) is 28.5 Å². The molecule has 154 valence electrons. The average Bonchev–Trinajstić information content (AvgIpc) is 2.63. The molecule has 10 nitrogen and oxygen atoms in total. The number of anilines is 2. The van der Waals surface area contributed by atoms with Crippen molar-refractivity contribution in [1.82, 2.24) is 19.9 Å². The summed E-state index contributed by atoms with van der Waals surface area (Å²) in [6.45, 7) is 7.46. The van der Waals surface area contributed by atoms with E-state index in [9.17, 15) is 5.11 Å². The molecular weight excluding hydrogens is 382 g/mol. The van der Waals surface area contributed by atoms with E-state index in [1.807, 2.05) is 39.8 Å². The smallest absolute Gasteiger partial charge is 0.253 e. The van der Waals surface area contributed by atoms with Gasteiger partial charge in [-0.15, -0.1) is 0 Å². The number of nitrogens with one attached hydrogen (secondary N) is 2. The molecule has 5 N–H and O–H groups in total. The van der Waals surface area contributed by atoms with Crippen LogP contribution in [0.25, 0.3) is 0 Å². The fourth-order valence-corrected chi connectivity index (χ4v) is 2.42. The molecule has 1 aromatic carbocycles. The fourth-order valence-electron chi connectivity index (χ4n) is 2.42. The number of phenolic OH excluding ortho intramolecular Hbond substituents is 1. The van der Waals surface area contributed by atoms with Gasteiger partial charge in [0.05, 0.1) is 0 Å². The van der Waals surface area contributed by atoms with E-state index in [0.717, 1.165) is 28.5 Å².